The number of ether oxygens (including phenoxy) is 2. The van der Waals surface area contributed by atoms with Gasteiger partial charge in [-0.2, -0.15) is 13.4 Å². The van der Waals surface area contributed by atoms with Gasteiger partial charge in [-0.3, -0.25) is 4.55 Å². The van der Waals surface area contributed by atoms with Crippen molar-refractivity contribution in [3.8, 4) is 11.6 Å². The molecule has 196 valence electrons. The molecule has 0 fully saturated rings. The van der Waals surface area contributed by atoms with Gasteiger partial charge in [0.05, 0.1) is 18.3 Å². The molecule has 4 rings (SSSR count). The van der Waals surface area contributed by atoms with Crippen molar-refractivity contribution in [2.75, 3.05) is 25.6 Å². The van der Waals surface area contributed by atoms with Crippen LogP contribution in [0.3, 0.4) is 0 Å². The van der Waals surface area contributed by atoms with Crippen molar-refractivity contribution in [1.29, 1.82) is 0 Å². The average Bonchev–Trinajstić information content (AvgIpc) is 3.31. The number of hydrogen-bond donors (Lipinski definition) is 3. The van der Waals surface area contributed by atoms with E-state index in [0.717, 1.165) is 11.1 Å². The van der Waals surface area contributed by atoms with Crippen LogP contribution in [0.15, 0.2) is 82.0 Å². The summed E-state index contributed by atoms with van der Waals surface area (Å²) in [6.07, 6.45) is 2.18. The number of hydrogen-bond acceptors (Lipinski definition) is 9. The fraction of sp³-hybridized carbons (Fsp3) is 0.200. The third kappa shape index (κ3) is 8.27. The Labute approximate surface area is 213 Å². The third-order valence-electron chi connectivity index (χ3n) is 4.97. The minimum Gasteiger partial charge on any atom is -0.489 e. The number of benzene rings is 2. The number of anilines is 1. The van der Waals surface area contributed by atoms with E-state index in [9.17, 15) is 12.8 Å². The first-order valence-electron chi connectivity index (χ1n) is 11.0. The van der Waals surface area contributed by atoms with Crippen molar-refractivity contribution in [2.24, 2.45) is 5.73 Å². The van der Waals surface area contributed by atoms with Crippen LogP contribution in [0, 0.1) is 6.92 Å². The molecule has 0 amide bonds. The molecule has 0 bridgehead atoms. The predicted molar refractivity (Wildman–Crippen MR) is 137 cm³/mol. The molecule has 0 aliphatic carbocycles. The van der Waals surface area contributed by atoms with Gasteiger partial charge in [0, 0.05) is 37.0 Å². The molecule has 0 aliphatic heterocycles. The van der Waals surface area contributed by atoms with Crippen molar-refractivity contribution in [3.05, 3.63) is 83.8 Å². The van der Waals surface area contributed by atoms with E-state index in [-0.39, 0.29) is 18.0 Å². The van der Waals surface area contributed by atoms with Crippen LogP contribution in [0.4, 0.5) is 10.4 Å². The van der Waals surface area contributed by atoms with E-state index >= 15 is 0 Å². The van der Waals surface area contributed by atoms with Gasteiger partial charge in [-0.1, -0.05) is 23.8 Å². The molecule has 4 N–H and O–H groups in total. The quantitative estimate of drug-likeness (QED) is 0.268. The number of halogens is 1. The van der Waals surface area contributed by atoms with Gasteiger partial charge in [-0.05, 0) is 36.8 Å². The van der Waals surface area contributed by atoms with Crippen molar-refractivity contribution in [2.45, 2.75) is 18.4 Å². The highest BCUT2D eigenvalue weighted by Crippen LogP contribution is 2.24. The highest BCUT2D eigenvalue weighted by molar-refractivity contribution is 7.85. The lowest BCUT2D eigenvalue weighted by atomic mass is 10.2. The molecule has 12 heteroatoms. The minimum absolute atomic E-state index is 0.0666. The minimum atomic E-state index is -4.02. The molecular weight excluding hydrogens is 503 g/mol. The smallest absolute Gasteiger partial charge is 0.295 e. The number of pyridine rings is 1. The standard InChI is InChI=1S/C18H19FN4O3.C7H8O3S/c1-24-17-5-2-12(9-21-17)10-22-18-23-15-4-3-14(6-16(15)26-18)25-11-13(7-19)8-20;1-6-2-4-7(5-3-6)11(8,9)10/h2-7,9H,8,10-11,20H2,1H3,(H,22,23);2-5H,1H3,(H,8,9,10)/b13-7-;. The average molecular weight is 531 g/mol. The van der Waals surface area contributed by atoms with Crippen LogP contribution in [-0.4, -0.2) is 43.2 Å². The molecule has 0 unspecified atom stereocenters. The lowest BCUT2D eigenvalue weighted by Gasteiger charge is -2.06. The molecule has 2 aromatic heterocycles. The van der Waals surface area contributed by atoms with Crippen LogP contribution in [0.2, 0.25) is 0 Å². The fourth-order valence-corrected chi connectivity index (χ4v) is 3.39. The highest BCUT2D eigenvalue weighted by Gasteiger charge is 2.08. The van der Waals surface area contributed by atoms with Crippen molar-refractivity contribution < 1.29 is 31.3 Å². The first kappa shape index (κ1) is 27.6. The number of fused-ring (bicyclic) bond motifs is 1. The Morgan fingerprint density at radius 2 is 1.95 bits per heavy atom. The van der Waals surface area contributed by atoms with Crippen LogP contribution in [0.1, 0.15) is 11.1 Å². The molecule has 0 saturated carbocycles. The zero-order chi connectivity index (χ0) is 26.8. The van der Waals surface area contributed by atoms with E-state index in [1.54, 1.807) is 49.7 Å². The molecule has 0 aliphatic rings. The number of aromatic nitrogens is 2. The topological polar surface area (TPSA) is 150 Å². The lowest BCUT2D eigenvalue weighted by molar-refractivity contribution is 0.347. The van der Waals surface area contributed by atoms with Gasteiger partial charge in [0.25, 0.3) is 16.1 Å². The Morgan fingerprint density at radius 1 is 1.19 bits per heavy atom. The Bertz CT molecular complexity index is 1440. The van der Waals surface area contributed by atoms with Gasteiger partial charge < -0.3 is 24.9 Å². The molecule has 2 aromatic carbocycles. The van der Waals surface area contributed by atoms with E-state index < -0.39 is 10.1 Å². The van der Waals surface area contributed by atoms with Crippen LogP contribution in [-0.2, 0) is 16.7 Å². The second-order valence-electron chi connectivity index (χ2n) is 7.76. The molecule has 37 heavy (non-hydrogen) atoms. The normalized spacial score (nSPS) is 11.5. The van der Waals surface area contributed by atoms with Gasteiger partial charge in [-0.15, -0.1) is 0 Å². The van der Waals surface area contributed by atoms with E-state index in [4.69, 9.17) is 24.2 Å². The number of aryl methyl sites for hydroxylation is 1. The Hall–Kier alpha value is -4.00. The summed E-state index contributed by atoms with van der Waals surface area (Å²) in [7, 11) is -2.45. The summed E-state index contributed by atoms with van der Waals surface area (Å²) in [6, 6.07) is 15.3. The molecule has 0 radical (unpaired) electrons. The maximum atomic E-state index is 12.5. The van der Waals surface area contributed by atoms with Gasteiger partial charge in [-0.25, -0.2) is 9.37 Å². The zero-order valence-electron chi connectivity index (χ0n) is 20.2. The molecule has 10 nitrogen and oxygen atoms in total. The van der Waals surface area contributed by atoms with Crippen LogP contribution >= 0.6 is 0 Å². The number of rotatable bonds is 9. The summed E-state index contributed by atoms with van der Waals surface area (Å²) < 4.78 is 58.3. The van der Waals surface area contributed by atoms with Crippen molar-refractivity contribution in [3.63, 3.8) is 0 Å². The molecule has 2 heterocycles. The Morgan fingerprint density at radius 3 is 2.54 bits per heavy atom. The number of oxazole rings is 1. The van der Waals surface area contributed by atoms with Crippen molar-refractivity contribution in [1.82, 2.24) is 9.97 Å². The first-order valence-corrected chi connectivity index (χ1v) is 12.4. The maximum absolute atomic E-state index is 12.5. The molecular formula is C25H27FN4O6S. The summed E-state index contributed by atoms with van der Waals surface area (Å²) in [5, 5.41) is 3.10. The Kier molecular flexibility index (Phi) is 9.55. The maximum Gasteiger partial charge on any atom is 0.295 e. The summed E-state index contributed by atoms with van der Waals surface area (Å²) in [4.78, 5) is 8.44. The highest BCUT2D eigenvalue weighted by atomic mass is 32.2. The van der Waals surface area contributed by atoms with E-state index in [2.05, 4.69) is 15.3 Å². The van der Waals surface area contributed by atoms with Gasteiger partial charge in [0.15, 0.2) is 5.58 Å². The van der Waals surface area contributed by atoms with Crippen LogP contribution in [0.5, 0.6) is 11.6 Å². The lowest BCUT2D eigenvalue weighted by Crippen LogP contribution is -2.10. The molecule has 0 spiro atoms. The number of nitrogens with one attached hydrogen (secondary N) is 1. The van der Waals surface area contributed by atoms with Gasteiger partial charge in [0.2, 0.25) is 5.88 Å². The molecule has 0 atom stereocenters. The third-order valence-corrected chi connectivity index (χ3v) is 5.84. The largest absolute Gasteiger partial charge is 0.489 e. The fourth-order valence-electron chi connectivity index (χ4n) is 2.91. The zero-order valence-corrected chi connectivity index (χ0v) is 21.0. The van der Waals surface area contributed by atoms with Crippen LogP contribution < -0.4 is 20.5 Å². The number of nitrogens with two attached hydrogens (primary N) is 1. The van der Waals surface area contributed by atoms with Gasteiger partial charge >= 0.3 is 0 Å². The summed E-state index contributed by atoms with van der Waals surface area (Å²) in [5.41, 5.74) is 8.95. The van der Waals surface area contributed by atoms with Crippen LogP contribution in [0.25, 0.3) is 11.1 Å². The SMILES string of the molecule is COc1ccc(CNc2nc3ccc(OC/C(=C\F)CN)cc3o2)cn1.Cc1ccc(S(=O)(=O)O)cc1. The second kappa shape index (κ2) is 12.8. The van der Waals surface area contributed by atoms with E-state index in [0.29, 0.717) is 47.2 Å². The first-order chi connectivity index (χ1) is 17.7. The predicted octanol–water partition coefficient (Wildman–Crippen LogP) is 4.28. The van der Waals surface area contributed by atoms with E-state index in [1.165, 1.54) is 12.1 Å². The summed E-state index contributed by atoms with van der Waals surface area (Å²) in [5.74, 6) is 1.11. The van der Waals surface area contributed by atoms with E-state index in [1.807, 2.05) is 13.0 Å². The Balaban J connectivity index is 0.000000289. The number of nitrogens with zero attached hydrogens (tertiary/aromatic N) is 2. The monoisotopic (exact) mass is 530 g/mol. The molecule has 0 saturated heterocycles. The van der Waals surface area contributed by atoms with Crippen molar-refractivity contribution >= 4 is 27.2 Å². The number of methoxy groups -OCH3 is 1. The summed E-state index contributed by atoms with van der Waals surface area (Å²) in [6.45, 7) is 2.54. The second-order valence-corrected chi connectivity index (χ2v) is 9.18. The van der Waals surface area contributed by atoms with Gasteiger partial charge in [0.1, 0.15) is 17.9 Å². The summed E-state index contributed by atoms with van der Waals surface area (Å²) >= 11 is 0. The molecule has 4 aromatic rings.